The number of benzene rings is 2. The van der Waals surface area contributed by atoms with Crippen LogP contribution in [0, 0.1) is 0 Å². The van der Waals surface area contributed by atoms with Crippen molar-refractivity contribution in [1.82, 2.24) is 0 Å². The van der Waals surface area contributed by atoms with Gasteiger partial charge in [-0.25, -0.2) is 4.79 Å². The van der Waals surface area contributed by atoms with Gasteiger partial charge in [-0.2, -0.15) is 0 Å². The fourth-order valence-corrected chi connectivity index (χ4v) is 2.95. The molecule has 0 aliphatic rings. The van der Waals surface area contributed by atoms with Crippen LogP contribution in [0.5, 0.6) is 17.2 Å². The first kappa shape index (κ1) is 23.0. The minimum Gasteiger partial charge on any atom is -0.507 e. The van der Waals surface area contributed by atoms with E-state index in [1.165, 1.54) is 13.0 Å². The Morgan fingerprint density at radius 2 is 1.67 bits per heavy atom. The molecule has 6 nitrogen and oxygen atoms in total. The van der Waals surface area contributed by atoms with Crippen molar-refractivity contribution in [3.8, 4) is 17.2 Å². The van der Waals surface area contributed by atoms with E-state index in [2.05, 4.69) is 0 Å². The van der Waals surface area contributed by atoms with Gasteiger partial charge >= 0.3 is 5.97 Å². The van der Waals surface area contributed by atoms with Crippen molar-refractivity contribution in [1.29, 1.82) is 0 Å². The number of phenolic OH excluding ortho intramolecular Hbond substituents is 1. The van der Waals surface area contributed by atoms with Crippen molar-refractivity contribution >= 4 is 17.8 Å². The molecular weight excluding hydrogens is 384 g/mol. The number of carboxylic acid groups (broad SMARTS) is 1. The normalized spacial score (nSPS) is 10.9. The molecule has 30 heavy (non-hydrogen) atoms. The van der Waals surface area contributed by atoms with Crippen molar-refractivity contribution in [2.45, 2.75) is 39.5 Å². The van der Waals surface area contributed by atoms with Gasteiger partial charge in [0.25, 0.3) is 0 Å². The first-order valence-electron chi connectivity index (χ1n) is 10.0. The van der Waals surface area contributed by atoms with E-state index in [1.54, 1.807) is 36.4 Å². The second kappa shape index (κ2) is 11.7. The minimum atomic E-state index is -0.982. The van der Waals surface area contributed by atoms with Crippen LogP contribution in [0.4, 0.5) is 0 Å². The first-order valence-corrected chi connectivity index (χ1v) is 10.0. The van der Waals surface area contributed by atoms with Crippen LogP contribution < -0.4 is 9.47 Å². The van der Waals surface area contributed by atoms with Gasteiger partial charge in [-0.1, -0.05) is 25.5 Å². The van der Waals surface area contributed by atoms with Gasteiger partial charge in [0.2, 0.25) is 0 Å². The van der Waals surface area contributed by atoms with Crippen LogP contribution in [0.25, 0.3) is 6.08 Å². The van der Waals surface area contributed by atoms with Crippen molar-refractivity contribution in [2.24, 2.45) is 0 Å². The number of unbranched alkanes of at least 4 members (excludes halogenated alkanes) is 1. The average molecular weight is 412 g/mol. The molecule has 2 N–H and O–H groups in total. The second-order valence-electron chi connectivity index (χ2n) is 6.89. The largest absolute Gasteiger partial charge is 0.507 e. The average Bonchev–Trinajstić information content (AvgIpc) is 2.71. The van der Waals surface area contributed by atoms with E-state index >= 15 is 0 Å². The van der Waals surface area contributed by atoms with Gasteiger partial charge < -0.3 is 19.7 Å². The molecule has 0 bridgehead atoms. The summed E-state index contributed by atoms with van der Waals surface area (Å²) in [5, 5.41) is 19.0. The lowest BCUT2D eigenvalue weighted by Crippen LogP contribution is -2.05. The Kier molecular flexibility index (Phi) is 8.94. The number of Topliss-reactive ketones (excluding diaryl/α,β-unsaturated/α-hetero) is 1. The molecule has 0 amide bonds. The predicted molar refractivity (Wildman–Crippen MR) is 115 cm³/mol. The molecule has 0 heterocycles. The fourth-order valence-electron chi connectivity index (χ4n) is 2.95. The number of phenols is 1. The zero-order valence-electron chi connectivity index (χ0n) is 17.4. The van der Waals surface area contributed by atoms with E-state index in [9.17, 15) is 14.7 Å². The highest BCUT2D eigenvalue weighted by atomic mass is 16.5. The molecule has 0 unspecified atom stereocenters. The van der Waals surface area contributed by atoms with Crippen molar-refractivity contribution < 1.29 is 29.3 Å². The van der Waals surface area contributed by atoms with E-state index in [-0.39, 0.29) is 11.5 Å². The second-order valence-corrected chi connectivity index (χ2v) is 6.89. The van der Waals surface area contributed by atoms with Gasteiger partial charge in [-0.15, -0.1) is 0 Å². The van der Waals surface area contributed by atoms with E-state index in [1.807, 2.05) is 6.92 Å². The Hall–Kier alpha value is -3.28. The SMILES string of the molecule is CCCc1c(OCCCCOc2ccc(/C=C/C(=O)O)cc2)ccc(C(C)=O)c1O. The predicted octanol–water partition coefficient (Wildman–Crippen LogP) is 4.88. The summed E-state index contributed by atoms with van der Waals surface area (Å²) in [5.74, 6) is 0.208. The van der Waals surface area contributed by atoms with Gasteiger partial charge in [-0.05, 0) is 62.1 Å². The minimum absolute atomic E-state index is 0.0202. The summed E-state index contributed by atoms with van der Waals surface area (Å²) in [7, 11) is 0. The van der Waals surface area contributed by atoms with Crippen molar-refractivity contribution in [2.75, 3.05) is 13.2 Å². The van der Waals surface area contributed by atoms with Gasteiger partial charge in [0.15, 0.2) is 5.78 Å². The number of carbonyl (C=O) groups is 2. The smallest absolute Gasteiger partial charge is 0.328 e. The quantitative estimate of drug-likeness (QED) is 0.293. The standard InChI is InChI=1S/C24H28O6/c1-3-6-21-22(13-12-20(17(2)25)24(21)28)30-16-5-4-15-29-19-10-7-18(8-11-19)9-14-23(26)27/h7-14,28H,3-6,15-16H2,1-2H3,(H,26,27)/b14-9+. The molecule has 0 saturated heterocycles. The molecule has 0 saturated carbocycles. The molecule has 2 aromatic rings. The fraction of sp³-hybridized carbons (Fsp3) is 0.333. The summed E-state index contributed by atoms with van der Waals surface area (Å²) >= 11 is 0. The van der Waals surface area contributed by atoms with Gasteiger partial charge in [0.1, 0.15) is 17.2 Å². The van der Waals surface area contributed by atoms with E-state index in [0.29, 0.717) is 36.5 Å². The number of carbonyl (C=O) groups excluding carboxylic acids is 1. The number of ketones is 1. The third-order valence-corrected chi connectivity index (χ3v) is 4.48. The molecule has 160 valence electrons. The highest BCUT2D eigenvalue weighted by molar-refractivity contribution is 5.97. The Morgan fingerprint density at radius 3 is 2.27 bits per heavy atom. The lowest BCUT2D eigenvalue weighted by Gasteiger charge is -2.14. The Balaban J connectivity index is 1.78. The molecule has 0 aliphatic heterocycles. The van der Waals surface area contributed by atoms with E-state index in [0.717, 1.165) is 36.7 Å². The number of hydrogen-bond donors (Lipinski definition) is 2. The topological polar surface area (TPSA) is 93.1 Å². The maximum absolute atomic E-state index is 11.6. The Morgan fingerprint density at radius 1 is 1.00 bits per heavy atom. The molecule has 0 fully saturated rings. The molecule has 0 spiro atoms. The number of aromatic hydroxyl groups is 1. The lowest BCUT2D eigenvalue weighted by atomic mass is 10.0. The van der Waals surface area contributed by atoms with Gasteiger partial charge in [0, 0.05) is 11.6 Å². The maximum atomic E-state index is 11.6. The zero-order chi connectivity index (χ0) is 21.9. The molecule has 0 aliphatic carbocycles. The highest BCUT2D eigenvalue weighted by Crippen LogP contribution is 2.33. The van der Waals surface area contributed by atoms with Crippen LogP contribution in [0.3, 0.4) is 0 Å². The Labute approximate surface area is 176 Å². The summed E-state index contributed by atoms with van der Waals surface area (Å²) in [4.78, 5) is 22.1. The third kappa shape index (κ3) is 6.95. The summed E-state index contributed by atoms with van der Waals surface area (Å²) < 4.78 is 11.5. The first-order chi connectivity index (χ1) is 14.4. The monoisotopic (exact) mass is 412 g/mol. The number of carboxylic acids is 1. The van der Waals surface area contributed by atoms with Crippen LogP contribution in [-0.4, -0.2) is 35.2 Å². The summed E-state index contributed by atoms with van der Waals surface area (Å²) in [5.41, 5.74) is 1.79. The zero-order valence-corrected chi connectivity index (χ0v) is 17.4. The molecular formula is C24H28O6. The number of rotatable bonds is 12. The number of hydrogen-bond acceptors (Lipinski definition) is 5. The van der Waals surface area contributed by atoms with Crippen LogP contribution in [0.15, 0.2) is 42.5 Å². The van der Waals surface area contributed by atoms with Crippen LogP contribution in [-0.2, 0) is 11.2 Å². The van der Waals surface area contributed by atoms with E-state index in [4.69, 9.17) is 14.6 Å². The number of aliphatic carboxylic acids is 1. The van der Waals surface area contributed by atoms with E-state index < -0.39 is 5.97 Å². The molecule has 6 heteroatoms. The molecule has 0 aromatic heterocycles. The van der Waals surface area contributed by atoms with Crippen LogP contribution in [0.2, 0.25) is 0 Å². The Bertz CT molecular complexity index is 883. The summed E-state index contributed by atoms with van der Waals surface area (Å²) in [6, 6.07) is 10.5. The van der Waals surface area contributed by atoms with Gasteiger partial charge in [0.05, 0.1) is 18.8 Å². The van der Waals surface area contributed by atoms with Crippen molar-refractivity contribution in [3.63, 3.8) is 0 Å². The summed E-state index contributed by atoms with van der Waals surface area (Å²) in [6.45, 7) is 4.46. The van der Waals surface area contributed by atoms with Crippen molar-refractivity contribution in [3.05, 3.63) is 59.2 Å². The number of ether oxygens (including phenoxy) is 2. The molecule has 2 rings (SSSR count). The van der Waals surface area contributed by atoms with Gasteiger partial charge in [-0.3, -0.25) is 4.79 Å². The molecule has 2 aromatic carbocycles. The highest BCUT2D eigenvalue weighted by Gasteiger charge is 2.15. The molecule has 0 radical (unpaired) electrons. The van der Waals surface area contributed by atoms with Crippen LogP contribution >= 0.6 is 0 Å². The lowest BCUT2D eigenvalue weighted by molar-refractivity contribution is -0.131. The molecule has 0 atom stereocenters. The van der Waals surface area contributed by atoms with Crippen LogP contribution in [0.1, 0.15) is 54.6 Å². The maximum Gasteiger partial charge on any atom is 0.328 e. The summed E-state index contributed by atoms with van der Waals surface area (Å²) in [6.07, 6.45) is 5.67. The third-order valence-electron chi connectivity index (χ3n) is 4.48.